The second-order valence-electron chi connectivity index (χ2n) is 17.4. The van der Waals surface area contributed by atoms with E-state index in [9.17, 15) is 0 Å². The van der Waals surface area contributed by atoms with E-state index in [4.69, 9.17) is 0 Å². The van der Waals surface area contributed by atoms with E-state index in [0.29, 0.717) is 0 Å². The average molecular weight is 793 g/mol. The standard InChI is InChI=1S/C60H58N/c1-6-10-20-43-28-30-46(31-29-43)52-36-50(44-21-13-11-14-22-44)38-54(40-52)55-39-51(45-23-15-12-16-24-45)37-53(41-55)48-26-19-25-47(35-48)49-32-33-57-56(42-49)58-27-17-18-34-61(58)60(8-3,9-4)59(57,5)7-2/h11-19,21-42H,6-10,20H2,1-5H3/q+1. The van der Waals surface area contributed by atoms with Crippen LogP contribution in [0.3, 0.4) is 0 Å². The van der Waals surface area contributed by atoms with Gasteiger partial charge in [0.1, 0.15) is 0 Å². The van der Waals surface area contributed by atoms with Gasteiger partial charge in [0, 0.05) is 25.0 Å². The summed E-state index contributed by atoms with van der Waals surface area (Å²) in [5.74, 6) is 0. The summed E-state index contributed by atoms with van der Waals surface area (Å²) in [7, 11) is 0. The SMILES string of the molecule is CCCCc1ccc(-c2cc(-c3ccccc3)cc(-c3cc(-c4ccccc4)cc(-c4cccc(-c5ccc6c(c5)-c5cccc[n+]5C(CC)(CC)C6(C)CC)c4)c3)c2)cc1. The maximum atomic E-state index is 2.61. The summed E-state index contributed by atoms with van der Waals surface area (Å²) in [5, 5.41) is 0. The summed E-state index contributed by atoms with van der Waals surface area (Å²) in [5.41, 5.74) is 20.2. The maximum Gasteiger partial charge on any atom is 0.213 e. The van der Waals surface area contributed by atoms with Gasteiger partial charge in [-0.3, -0.25) is 0 Å². The summed E-state index contributed by atoms with van der Waals surface area (Å²) in [6.07, 6.45) is 9.14. The van der Waals surface area contributed by atoms with Crippen molar-refractivity contribution < 1.29 is 4.57 Å². The topological polar surface area (TPSA) is 3.88 Å². The lowest BCUT2D eigenvalue weighted by Crippen LogP contribution is -2.68. The van der Waals surface area contributed by atoms with E-state index in [1.165, 1.54) is 102 Å². The molecule has 1 aromatic heterocycles. The van der Waals surface area contributed by atoms with Crippen molar-refractivity contribution in [2.45, 2.75) is 84.1 Å². The van der Waals surface area contributed by atoms with Gasteiger partial charge < -0.3 is 0 Å². The summed E-state index contributed by atoms with van der Waals surface area (Å²) in [6, 6.07) is 68.3. The Labute approximate surface area is 364 Å². The molecule has 9 rings (SSSR count). The molecule has 302 valence electrons. The molecule has 1 atom stereocenters. The molecule has 1 unspecified atom stereocenters. The number of pyridine rings is 1. The van der Waals surface area contributed by atoms with Crippen molar-refractivity contribution in [3.05, 3.63) is 199 Å². The molecule has 0 saturated carbocycles. The molecule has 1 nitrogen and oxygen atoms in total. The van der Waals surface area contributed by atoms with E-state index in [-0.39, 0.29) is 11.0 Å². The van der Waals surface area contributed by atoms with Gasteiger partial charge in [-0.05, 0) is 159 Å². The molecule has 1 heteroatoms. The lowest BCUT2D eigenvalue weighted by atomic mass is 9.58. The molecular weight excluding hydrogens is 735 g/mol. The molecule has 8 aromatic rings. The van der Waals surface area contributed by atoms with E-state index >= 15 is 0 Å². The molecule has 0 amide bonds. The van der Waals surface area contributed by atoms with Crippen molar-refractivity contribution >= 4 is 0 Å². The Hall–Kier alpha value is -6.31. The normalized spacial score (nSPS) is 15.2. The van der Waals surface area contributed by atoms with Crippen LogP contribution in [0.1, 0.15) is 77.8 Å². The molecule has 0 spiro atoms. The van der Waals surface area contributed by atoms with Gasteiger partial charge in [-0.1, -0.05) is 149 Å². The largest absolute Gasteiger partial charge is 0.213 e. The number of fused-ring (bicyclic) bond motifs is 3. The van der Waals surface area contributed by atoms with Gasteiger partial charge in [0.15, 0.2) is 11.7 Å². The molecule has 0 aliphatic carbocycles. The van der Waals surface area contributed by atoms with Gasteiger partial charge in [-0.25, -0.2) is 0 Å². The molecule has 7 aromatic carbocycles. The number of rotatable bonds is 12. The Bertz CT molecular complexity index is 2790. The second-order valence-corrected chi connectivity index (χ2v) is 17.4. The van der Waals surface area contributed by atoms with Crippen LogP contribution in [0, 0.1) is 0 Å². The monoisotopic (exact) mass is 792 g/mol. The zero-order valence-corrected chi connectivity index (χ0v) is 36.6. The molecule has 0 N–H and O–H groups in total. The van der Waals surface area contributed by atoms with Crippen molar-refractivity contribution in [3.8, 4) is 78.0 Å². The fraction of sp³-hybridized carbons (Fsp3) is 0.217. The van der Waals surface area contributed by atoms with Crippen LogP contribution in [-0.2, 0) is 17.4 Å². The third-order valence-electron chi connectivity index (χ3n) is 14.2. The van der Waals surface area contributed by atoms with Gasteiger partial charge >= 0.3 is 0 Å². The number of hydrogen-bond acceptors (Lipinski definition) is 0. The van der Waals surface area contributed by atoms with Crippen LogP contribution < -0.4 is 4.57 Å². The van der Waals surface area contributed by atoms with Gasteiger partial charge in [0.05, 0.1) is 11.0 Å². The van der Waals surface area contributed by atoms with Crippen molar-refractivity contribution in [1.82, 2.24) is 0 Å². The van der Waals surface area contributed by atoms with Gasteiger partial charge in [-0.2, -0.15) is 4.57 Å². The van der Waals surface area contributed by atoms with E-state index in [2.05, 4.69) is 227 Å². The molecular formula is C60H58N+. The number of aryl methyl sites for hydroxylation is 1. The van der Waals surface area contributed by atoms with Gasteiger partial charge in [0.2, 0.25) is 5.69 Å². The Kier molecular flexibility index (Phi) is 11.2. The highest BCUT2D eigenvalue weighted by Gasteiger charge is 2.58. The van der Waals surface area contributed by atoms with Gasteiger partial charge in [0.25, 0.3) is 0 Å². The van der Waals surface area contributed by atoms with Crippen molar-refractivity contribution in [2.24, 2.45) is 0 Å². The molecule has 1 aliphatic rings. The Morgan fingerprint density at radius 3 is 1.38 bits per heavy atom. The average Bonchev–Trinajstić information content (AvgIpc) is 3.34. The Balaban J connectivity index is 1.17. The van der Waals surface area contributed by atoms with Crippen LogP contribution in [0.2, 0.25) is 0 Å². The van der Waals surface area contributed by atoms with Crippen LogP contribution in [-0.4, -0.2) is 0 Å². The predicted molar refractivity (Wildman–Crippen MR) is 259 cm³/mol. The first-order valence-electron chi connectivity index (χ1n) is 22.7. The number of nitrogens with zero attached hydrogens (tertiary/aromatic N) is 1. The smallest absolute Gasteiger partial charge is 0.192 e. The fourth-order valence-corrected chi connectivity index (χ4v) is 10.5. The van der Waals surface area contributed by atoms with Crippen molar-refractivity contribution in [1.29, 1.82) is 0 Å². The lowest BCUT2D eigenvalue weighted by Gasteiger charge is -2.47. The first kappa shape index (κ1) is 40.1. The van der Waals surface area contributed by atoms with Crippen LogP contribution in [0.5, 0.6) is 0 Å². The molecule has 2 heterocycles. The van der Waals surface area contributed by atoms with E-state index in [1.807, 2.05) is 0 Å². The predicted octanol–water partition coefficient (Wildman–Crippen LogP) is 16.2. The van der Waals surface area contributed by atoms with Crippen molar-refractivity contribution in [2.75, 3.05) is 0 Å². The molecule has 0 radical (unpaired) electrons. The van der Waals surface area contributed by atoms with E-state index in [1.54, 1.807) is 0 Å². The maximum absolute atomic E-state index is 2.61. The summed E-state index contributed by atoms with van der Waals surface area (Å²) in [6.45, 7) is 11.9. The summed E-state index contributed by atoms with van der Waals surface area (Å²) >= 11 is 0. The Morgan fingerprint density at radius 2 is 0.836 bits per heavy atom. The number of unbranched alkanes of at least 4 members (excludes halogenated alkanes) is 1. The van der Waals surface area contributed by atoms with Crippen LogP contribution >= 0.6 is 0 Å². The number of hydrogen-bond donors (Lipinski definition) is 0. The molecule has 0 fully saturated rings. The fourth-order valence-electron chi connectivity index (χ4n) is 10.5. The van der Waals surface area contributed by atoms with E-state index in [0.717, 1.165) is 25.7 Å². The molecule has 1 aliphatic heterocycles. The van der Waals surface area contributed by atoms with Gasteiger partial charge in [-0.15, -0.1) is 0 Å². The molecule has 61 heavy (non-hydrogen) atoms. The molecule has 0 saturated heterocycles. The first-order valence-corrected chi connectivity index (χ1v) is 22.7. The third-order valence-corrected chi connectivity index (χ3v) is 14.2. The second kappa shape index (κ2) is 17.0. The highest BCUT2D eigenvalue weighted by Crippen LogP contribution is 2.52. The minimum absolute atomic E-state index is 0.00920. The minimum Gasteiger partial charge on any atom is -0.192 e. The highest BCUT2D eigenvalue weighted by molar-refractivity contribution is 5.87. The van der Waals surface area contributed by atoms with Crippen LogP contribution in [0.4, 0.5) is 0 Å². The Morgan fingerprint density at radius 1 is 0.393 bits per heavy atom. The lowest BCUT2D eigenvalue weighted by molar-refractivity contribution is -0.769. The first-order chi connectivity index (χ1) is 29.9. The minimum atomic E-state index is 0.00920. The van der Waals surface area contributed by atoms with Crippen LogP contribution in [0.25, 0.3) is 78.0 Å². The quantitative estimate of drug-likeness (QED) is 0.109. The number of aromatic nitrogens is 1. The van der Waals surface area contributed by atoms with E-state index < -0.39 is 0 Å². The third kappa shape index (κ3) is 7.35. The van der Waals surface area contributed by atoms with Crippen molar-refractivity contribution in [3.63, 3.8) is 0 Å². The number of benzene rings is 7. The highest BCUT2D eigenvalue weighted by atomic mass is 15.1. The molecule has 0 bridgehead atoms. The van der Waals surface area contributed by atoms with Crippen LogP contribution in [0.15, 0.2) is 188 Å². The zero-order valence-electron chi connectivity index (χ0n) is 36.6. The summed E-state index contributed by atoms with van der Waals surface area (Å²) < 4.78 is 2.61. The summed E-state index contributed by atoms with van der Waals surface area (Å²) in [4.78, 5) is 0. The zero-order chi connectivity index (χ0) is 42.0.